The van der Waals surface area contributed by atoms with Gasteiger partial charge in [0.05, 0.1) is 19.8 Å². The van der Waals surface area contributed by atoms with Crippen LogP contribution in [0.25, 0.3) is 0 Å². The predicted octanol–water partition coefficient (Wildman–Crippen LogP) is 11.3. The summed E-state index contributed by atoms with van der Waals surface area (Å²) in [6, 6.07) is 0. The molecule has 0 heterocycles. The van der Waals surface area contributed by atoms with Crippen molar-refractivity contribution >= 4 is 5.91 Å². The van der Waals surface area contributed by atoms with Crippen LogP contribution >= 0.6 is 0 Å². The summed E-state index contributed by atoms with van der Waals surface area (Å²) in [7, 11) is 1.94. The molecular weight excluding hydrogens is 649 g/mol. The van der Waals surface area contributed by atoms with E-state index in [0.29, 0.717) is 32.9 Å². The lowest BCUT2D eigenvalue weighted by Crippen LogP contribution is -2.46. The number of nitrogens with zero attached hydrogens (tertiary/aromatic N) is 1. The first kappa shape index (κ1) is 50.8. The molecule has 2 unspecified atom stereocenters. The van der Waals surface area contributed by atoms with E-state index in [1.165, 1.54) is 154 Å². The van der Waals surface area contributed by atoms with Crippen LogP contribution in [0.5, 0.6) is 0 Å². The van der Waals surface area contributed by atoms with Crippen LogP contribution in [0.2, 0.25) is 0 Å². The summed E-state index contributed by atoms with van der Waals surface area (Å²) in [4.78, 5) is 14.4. The zero-order valence-corrected chi connectivity index (χ0v) is 34.8. The van der Waals surface area contributed by atoms with Crippen molar-refractivity contribution in [2.75, 3.05) is 53.2 Å². The number of aliphatic hydroxyl groups excluding tert-OH is 1. The summed E-state index contributed by atoms with van der Waals surface area (Å²) in [5.41, 5.74) is 5.81. The molecule has 0 saturated heterocycles. The van der Waals surface area contributed by atoms with E-state index in [2.05, 4.69) is 38.2 Å². The highest BCUT2D eigenvalue weighted by Gasteiger charge is 2.28. The molecule has 0 bridgehead atoms. The van der Waals surface area contributed by atoms with E-state index in [-0.39, 0.29) is 13.2 Å². The number of rotatable bonds is 43. The van der Waals surface area contributed by atoms with Crippen LogP contribution in [0.4, 0.5) is 0 Å². The van der Waals surface area contributed by atoms with Crippen LogP contribution in [0.1, 0.15) is 194 Å². The SMILES string of the molecule is CCCCCCCC/C=C\CCCCCCCCOCC(OCCN(C)CCO)C(OCCCCCCCC/C=C\CCCCCCCC)C(N)=O. The largest absolute Gasteiger partial charge is 0.395 e. The molecule has 0 radical (unpaired) electrons. The van der Waals surface area contributed by atoms with Gasteiger partial charge in [-0.15, -0.1) is 0 Å². The van der Waals surface area contributed by atoms with Crippen LogP contribution < -0.4 is 5.73 Å². The first-order valence-electron chi connectivity index (χ1n) is 22.3. The summed E-state index contributed by atoms with van der Waals surface area (Å²) in [5.74, 6) is -0.501. The third-order valence-corrected chi connectivity index (χ3v) is 9.94. The number of aliphatic hydroxyl groups is 1. The second-order valence-electron chi connectivity index (χ2n) is 15.1. The van der Waals surface area contributed by atoms with E-state index in [0.717, 1.165) is 25.7 Å². The van der Waals surface area contributed by atoms with E-state index in [4.69, 9.17) is 19.9 Å². The van der Waals surface area contributed by atoms with Gasteiger partial charge in [0.15, 0.2) is 6.10 Å². The third-order valence-electron chi connectivity index (χ3n) is 9.94. The molecular formula is C45H88N2O5. The molecule has 308 valence electrons. The van der Waals surface area contributed by atoms with Crippen LogP contribution in [-0.4, -0.2) is 81.3 Å². The van der Waals surface area contributed by atoms with Gasteiger partial charge in [-0.1, -0.05) is 154 Å². The van der Waals surface area contributed by atoms with Crippen molar-refractivity contribution in [3.8, 4) is 0 Å². The monoisotopic (exact) mass is 737 g/mol. The van der Waals surface area contributed by atoms with E-state index in [9.17, 15) is 9.90 Å². The summed E-state index contributed by atoms with van der Waals surface area (Å²) in [6.45, 7) is 7.71. The Balaban J connectivity index is 4.17. The van der Waals surface area contributed by atoms with Gasteiger partial charge in [0.2, 0.25) is 5.91 Å². The lowest BCUT2D eigenvalue weighted by atomic mass is 10.1. The number of amides is 1. The smallest absolute Gasteiger partial charge is 0.249 e. The van der Waals surface area contributed by atoms with Crippen molar-refractivity contribution in [1.82, 2.24) is 4.90 Å². The fraction of sp³-hybridized carbons (Fsp3) is 0.889. The summed E-state index contributed by atoms with van der Waals surface area (Å²) < 4.78 is 18.2. The molecule has 52 heavy (non-hydrogen) atoms. The summed E-state index contributed by atoms with van der Waals surface area (Å²) in [5, 5.41) is 9.21. The van der Waals surface area contributed by atoms with Crippen molar-refractivity contribution in [2.24, 2.45) is 5.73 Å². The number of primary amides is 1. The van der Waals surface area contributed by atoms with Crippen molar-refractivity contribution in [1.29, 1.82) is 0 Å². The second kappa shape index (κ2) is 42.5. The number of unbranched alkanes of at least 4 members (excludes halogenated alkanes) is 24. The zero-order valence-electron chi connectivity index (χ0n) is 34.8. The van der Waals surface area contributed by atoms with E-state index < -0.39 is 18.1 Å². The number of ether oxygens (including phenoxy) is 3. The van der Waals surface area contributed by atoms with Crippen molar-refractivity contribution < 1.29 is 24.1 Å². The van der Waals surface area contributed by atoms with Gasteiger partial charge in [-0.3, -0.25) is 4.79 Å². The number of nitrogens with two attached hydrogens (primary N) is 1. The number of carbonyl (C=O) groups excluding carboxylic acids is 1. The van der Waals surface area contributed by atoms with Crippen molar-refractivity contribution in [3.05, 3.63) is 24.3 Å². The van der Waals surface area contributed by atoms with E-state index in [1.807, 2.05) is 11.9 Å². The Morgan fingerprint density at radius 3 is 1.38 bits per heavy atom. The van der Waals surface area contributed by atoms with Gasteiger partial charge < -0.3 is 30.0 Å². The quantitative estimate of drug-likeness (QED) is 0.0478. The van der Waals surface area contributed by atoms with Crippen molar-refractivity contribution in [2.45, 2.75) is 206 Å². The van der Waals surface area contributed by atoms with Gasteiger partial charge in [-0.05, 0) is 71.3 Å². The lowest BCUT2D eigenvalue weighted by Gasteiger charge is -2.26. The molecule has 0 aliphatic carbocycles. The Morgan fingerprint density at radius 1 is 0.558 bits per heavy atom. The normalized spacial score (nSPS) is 13.2. The molecule has 0 aromatic rings. The molecule has 7 nitrogen and oxygen atoms in total. The number of likely N-dealkylation sites (N-methyl/N-ethyl adjacent to an activating group) is 1. The highest BCUT2D eigenvalue weighted by Crippen LogP contribution is 2.14. The molecule has 0 spiro atoms. The highest BCUT2D eigenvalue weighted by molar-refractivity contribution is 5.79. The molecule has 0 fully saturated rings. The summed E-state index contributed by atoms with van der Waals surface area (Å²) >= 11 is 0. The average Bonchev–Trinajstić information content (AvgIpc) is 3.13. The number of hydrogen-bond acceptors (Lipinski definition) is 6. The second-order valence-corrected chi connectivity index (χ2v) is 15.1. The first-order valence-corrected chi connectivity index (χ1v) is 22.3. The molecule has 0 aliphatic rings. The standard InChI is InChI=1S/C45H88N2O5/c1-4-6-8-10-12-14-16-18-20-22-24-26-28-30-32-34-39-50-42-43(51-41-37-47(3)36-38-48)44(45(46)49)52-40-35-33-31-29-27-25-23-21-19-17-15-13-11-9-7-5-2/h18-21,43-44,48H,4-17,22-42H2,1-3H3,(H2,46,49)/b20-18-,21-19-. The van der Waals surface area contributed by atoms with Gasteiger partial charge >= 0.3 is 0 Å². The Bertz CT molecular complexity index is 777. The van der Waals surface area contributed by atoms with Gasteiger partial charge in [0.1, 0.15) is 6.10 Å². The van der Waals surface area contributed by atoms with Crippen molar-refractivity contribution in [3.63, 3.8) is 0 Å². The Labute approximate surface area is 323 Å². The van der Waals surface area contributed by atoms with Gasteiger partial charge in [-0.2, -0.15) is 0 Å². The Hall–Kier alpha value is -1.25. The van der Waals surface area contributed by atoms with E-state index in [1.54, 1.807) is 0 Å². The number of allylic oxidation sites excluding steroid dienone is 4. The minimum absolute atomic E-state index is 0.1000. The number of carbonyl (C=O) groups is 1. The number of hydrogen-bond donors (Lipinski definition) is 2. The molecule has 0 aromatic heterocycles. The molecule has 0 saturated carbocycles. The van der Waals surface area contributed by atoms with Crippen LogP contribution in [0.3, 0.4) is 0 Å². The highest BCUT2D eigenvalue weighted by atomic mass is 16.6. The fourth-order valence-electron chi connectivity index (χ4n) is 6.45. The molecule has 7 heteroatoms. The topological polar surface area (TPSA) is 94.2 Å². The fourth-order valence-corrected chi connectivity index (χ4v) is 6.45. The Kier molecular flexibility index (Phi) is 41.5. The average molecular weight is 737 g/mol. The maximum Gasteiger partial charge on any atom is 0.249 e. The molecule has 0 aromatic carbocycles. The Morgan fingerprint density at radius 2 is 0.962 bits per heavy atom. The van der Waals surface area contributed by atoms with Crippen LogP contribution in [0, 0.1) is 0 Å². The lowest BCUT2D eigenvalue weighted by molar-refractivity contribution is -0.148. The maximum atomic E-state index is 12.4. The van der Waals surface area contributed by atoms with Crippen LogP contribution in [-0.2, 0) is 19.0 Å². The summed E-state index contributed by atoms with van der Waals surface area (Å²) in [6.07, 6.45) is 43.6. The maximum absolute atomic E-state index is 12.4. The molecule has 0 rings (SSSR count). The molecule has 3 N–H and O–H groups in total. The van der Waals surface area contributed by atoms with Gasteiger partial charge in [0, 0.05) is 26.3 Å². The van der Waals surface area contributed by atoms with Crippen LogP contribution in [0.15, 0.2) is 24.3 Å². The molecule has 2 atom stereocenters. The predicted molar refractivity (Wildman–Crippen MR) is 223 cm³/mol. The molecule has 0 aliphatic heterocycles. The first-order chi connectivity index (χ1) is 25.6. The van der Waals surface area contributed by atoms with Gasteiger partial charge in [-0.25, -0.2) is 0 Å². The van der Waals surface area contributed by atoms with Gasteiger partial charge in [0.25, 0.3) is 0 Å². The minimum Gasteiger partial charge on any atom is -0.395 e. The third kappa shape index (κ3) is 37.1. The zero-order chi connectivity index (χ0) is 38.0. The van der Waals surface area contributed by atoms with E-state index >= 15 is 0 Å². The minimum atomic E-state index is -0.828. The molecule has 1 amide bonds.